The third kappa shape index (κ3) is 3.92. The van der Waals surface area contributed by atoms with Crippen molar-refractivity contribution in [3.8, 4) is 0 Å². The highest BCUT2D eigenvalue weighted by molar-refractivity contribution is 6.04. The summed E-state index contributed by atoms with van der Waals surface area (Å²) in [5, 5.41) is 3.00. The summed E-state index contributed by atoms with van der Waals surface area (Å²) in [6.45, 7) is 7.81. The van der Waals surface area contributed by atoms with Gasteiger partial charge >= 0.3 is 0 Å². The van der Waals surface area contributed by atoms with E-state index in [2.05, 4.69) is 5.32 Å². The van der Waals surface area contributed by atoms with Crippen LogP contribution >= 0.6 is 0 Å². The van der Waals surface area contributed by atoms with Crippen LogP contribution in [0.5, 0.6) is 0 Å². The molecule has 2 amide bonds. The van der Waals surface area contributed by atoms with Crippen LogP contribution in [0.25, 0.3) is 0 Å². The van der Waals surface area contributed by atoms with Crippen molar-refractivity contribution in [3.63, 3.8) is 0 Å². The number of nitrogens with zero attached hydrogens (tertiary/aromatic N) is 1. The molecule has 1 saturated heterocycles. The maximum absolute atomic E-state index is 12.7. The van der Waals surface area contributed by atoms with E-state index in [1.807, 2.05) is 32.9 Å². The molecule has 27 heavy (non-hydrogen) atoms. The fourth-order valence-corrected chi connectivity index (χ4v) is 3.61. The van der Waals surface area contributed by atoms with Crippen LogP contribution in [0.4, 0.5) is 11.4 Å². The van der Waals surface area contributed by atoms with E-state index in [-0.39, 0.29) is 24.0 Å². The van der Waals surface area contributed by atoms with E-state index in [9.17, 15) is 14.4 Å². The molecule has 0 spiro atoms. The van der Waals surface area contributed by atoms with Crippen molar-refractivity contribution >= 4 is 29.0 Å². The van der Waals surface area contributed by atoms with Gasteiger partial charge in [0.2, 0.25) is 11.8 Å². The highest BCUT2D eigenvalue weighted by Crippen LogP contribution is 2.28. The molecule has 1 unspecified atom stereocenters. The molecule has 0 bridgehead atoms. The van der Waals surface area contributed by atoms with Crippen LogP contribution in [0.3, 0.4) is 0 Å². The minimum Gasteiger partial charge on any atom is -0.325 e. The zero-order valence-corrected chi connectivity index (χ0v) is 16.1. The summed E-state index contributed by atoms with van der Waals surface area (Å²) >= 11 is 0. The topological polar surface area (TPSA) is 66.5 Å². The number of benzene rings is 2. The zero-order valence-electron chi connectivity index (χ0n) is 16.1. The van der Waals surface area contributed by atoms with Gasteiger partial charge in [-0.2, -0.15) is 0 Å². The van der Waals surface area contributed by atoms with Crippen molar-refractivity contribution in [2.45, 2.75) is 34.1 Å². The van der Waals surface area contributed by atoms with Crippen molar-refractivity contribution in [1.29, 1.82) is 0 Å². The first kappa shape index (κ1) is 18.8. The number of anilines is 2. The number of carbonyl (C=O) groups excluding carboxylic acids is 3. The summed E-state index contributed by atoms with van der Waals surface area (Å²) in [6.07, 6.45) is 0.185. The Kier molecular flexibility index (Phi) is 5.13. The third-order valence-corrected chi connectivity index (χ3v) is 5.01. The van der Waals surface area contributed by atoms with Gasteiger partial charge in [-0.1, -0.05) is 17.7 Å². The van der Waals surface area contributed by atoms with E-state index in [1.54, 1.807) is 29.2 Å². The minimum atomic E-state index is -0.398. The lowest BCUT2D eigenvalue weighted by molar-refractivity contribution is -0.122. The second-order valence-corrected chi connectivity index (χ2v) is 7.27. The first-order valence-corrected chi connectivity index (χ1v) is 9.06. The maximum atomic E-state index is 12.7. The van der Waals surface area contributed by atoms with Crippen LogP contribution in [0.1, 0.15) is 40.4 Å². The molecule has 1 aliphatic rings. The molecule has 0 aromatic heterocycles. The molecule has 2 aromatic rings. The van der Waals surface area contributed by atoms with Gasteiger partial charge in [-0.3, -0.25) is 14.4 Å². The van der Waals surface area contributed by atoms with Crippen molar-refractivity contribution in [2.24, 2.45) is 5.92 Å². The number of hydrogen-bond donors (Lipinski definition) is 1. The molecule has 0 radical (unpaired) electrons. The number of rotatable bonds is 4. The molecule has 0 aliphatic carbocycles. The molecule has 2 aromatic carbocycles. The number of amides is 2. The quantitative estimate of drug-likeness (QED) is 0.839. The molecule has 1 heterocycles. The fraction of sp³-hybridized carbons (Fsp3) is 0.318. The van der Waals surface area contributed by atoms with Crippen LogP contribution in [-0.4, -0.2) is 24.1 Å². The van der Waals surface area contributed by atoms with E-state index in [4.69, 9.17) is 0 Å². The molecular weight excluding hydrogens is 340 g/mol. The number of aryl methyl sites for hydroxylation is 3. The molecule has 1 N–H and O–H groups in total. The number of Topliss-reactive ketones (excluding diaryl/α,β-unsaturated/α-hetero) is 1. The Morgan fingerprint density at radius 3 is 2.19 bits per heavy atom. The lowest BCUT2D eigenvalue weighted by atomic mass is 10.0. The summed E-state index contributed by atoms with van der Waals surface area (Å²) in [7, 11) is 0. The molecule has 1 fully saturated rings. The van der Waals surface area contributed by atoms with Crippen molar-refractivity contribution in [2.75, 3.05) is 16.8 Å². The fourth-order valence-electron chi connectivity index (χ4n) is 3.61. The maximum Gasteiger partial charge on any atom is 0.229 e. The van der Waals surface area contributed by atoms with Crippen LogP contribution in [0.2, 0.25) is 0 Å². The van der Waals surface area contributed by atoms with Crippen LogP contribution in [-0.2, 0) is 9.59 Å². The van der Waals surface area contributed by atoms with Gasteiger partial charge in [0, 0.05) is 29.9 Å². The van der Waals surface area contributed by atoms with E-state index >= 15 is 0 Å². The average molecular weight is 364 g/mol. The molecular formula is C22H24N2O3. The van der Waals surface area contributed by atoms with Crippen LogP contribution in [0, 0.1) is 26.7 Å². The molecule has 1 aliphatic heterocycles. The molecule has 140 valence electrons. The molecule has 0 saturated carbocycles. The van der Waals surface area contributed by atoms with Gasteiger partial charge in [-0.05, 0) is 63.1 Å². The summed E-state index contributed by atoms with van der Waals surface area (Å²) < 4.78 is 0. The monoisotopic (exact) mass is 364 g/mol. The first-order chi connectivity index (χ1) is 12.8. The molecule has 5 nitrogen and oxygen atoms in total. The highest BCUT2D eigenvalue weighted by Gasteiger charge is 2.35. The van der Waals surface area contributed by atoms with Crippen molar-refractivity contribution in [1.82, 2.24) is 0 Å². The van der Waals surface area contributed by atoms with E-state index in [1.165, 1.54) is 6.92 Å². The van der Waals surface area contributed by atoms with Crippen LogP contribution in [0.15, 0.2) is 36.4 Å². The Morgan fingerprint density at radius 2 is 1.63 bits per heavy atom. The third-order valence-electron chi connectivity index (χ3n) is 5.01. The predicted molar refractivity (Wildman–Crippen MR) is 106 cm³/mol. The van der Waals surface area contributed by atoms with Gasteiger partial charge in [-0.25, -0.2) is 0 Å². The van der Waals surface area contributed by atoms with E-state index in [0.717, 1.165) is 22.4 Å². The summed E-state index contributed by atoms with van der Waals surface area (Å²) in [5.41, 5.74) is 5.32. The van der Waals surface area contributed by atoms with Crippen LogP contribution < -0.4 is 10.2 Å². The van der Waals surface area contributed by atoms with Gasteiger partial charge in [-0.15, -0.1) is 0 Å². The van der Waals surface area contributed by atoms with Gasteiger partial charge in [0.15, 0.2) is 5.78 Å². The zero-order chi connectivity index (χ0) is 19.7. The second-order valence-electron chi connectivity index (χ2n) is 7.27. The largest absolute Gasteiger partial charge is 0.325 e. The molecule has 5 heteroatoms. The average Bonchev–Trinajstić information content (AvgIpc) is 3.00. The number of carbonyl (C=O) groups is 3. The van der Waals surface area contributed by atoms with E-state index in [0.29, 0.717) is 17.8 Å². The normalized spacial score (nSPS) is 16.5. The lowest BCUT2D eigenvalue weighted by Gasteiger charge is -2.18. The van der Waals surface area contributed by atoms with Gasteiger partial charge in [0.1, 0.15) is 0 Å². The molecule has 3 rings (SSSR count). The predicted octanol–water partition coefficient (Wildman–Crippen LogP) is 3.81. The SMILES string of the molecule is CC(=O)c1ccc(N2CC(C(=O)Nc3c(C)cc(C)cc3C)CC2=O)cc1. The number of ketones is 1. The van der Waals surface area contributed by atoms with Gasteiger partial charge in [0.05, 0.1) is 5.92 Å². The van der Waals surface area contributed by atoms with Crippen molar-refractivity contribution in [3.05, 3.63) is 58.7 Å². The number of nitrogens with one attached hydrogen (secondary N) is 1. The Bertz CT molecular complexity index is 893. The summed E-state index contributed by atoms with van der Waals surface area (Å²) in [4.78, 5) is 38.2. The highest BCUT2D eigenvalue weighted by atomic mass is 16.2. The Balaban J connectivity index is 1.73. The lowest BCUT2D eigenvalue weighted by Crippen LogP contribution is -2.28. The molecule has 1 atom stereocenters. The van der Waals surface area contributed by atoms with Gasteiger partial charge < -0.3 is 10.2 Å². The minimum absolute atomic E-state index is 0.0182. The number of hydrogen-bond acceptors (Lipinski definition) is 3. The smallest absolute Gasteiger partial charge is 0.229 e. The van der Waals surface area contributed by atoms with E-state index < -0.39 is 5.92 Å². The summed E-state index contributed by atoms with van der Waals surface area (Å²) in [6, 6.07) is 11.0. The Morgan fingerprint density at radius 1 is 1.04 bits per heavy atom. The standard InChI is InChI=1S/C22H24N2O3/c1-13-9-14(2)21(15(3)10-13)23-22(27)18-11-20(26)24(12-18)19-7-5-17(6-8-19)16(4)25/h5-10,18H,11-12H2,1-4H3,(H,23,27). The summed E-state index contributed by atoms with van der Waals surface area (Å²) in [5.74, 6) is -0.634. The Hall–Kier alpha value is -2.95. The van der Waals surface area contributed by atoms with Gasteiger partial charge in [0.25, 0.3) is 0 Å². The first-order valence-electron chi connectivity index (χ1n) is 9.06. The second kappa shape index (κ2) is 7.35. The Labute approximate surface area is 159 Å². The van der Waals surface area contributed by atoms with Crippen molar-refractivity contribution < 1.29 is 14.4 Å².